The number of nitrogens with two attached hydrogens (primary N) is 1. The highest BCUT2D eigenvalue weighted by Gasteiger charge is 2.26. The molecule has 92 valence electrons. The zero-order valence-electron chi connectivity index (χ0n) is 8.97. The maximum atomic E-state index is 11.0. The number of halogens is 1. The van der Waals surface area contributed by atoms with Crippen molar-refractivity contribution < 1.29 is 18.8 Å². The standard InChI is InChI=1S/C11H7BrN2O4/c12-8-1-5(6-2-14-18-11(6)13)9-10(7(8)3-15)17-4-16-9/h1-3H,4,13H2. The summed E-state index contributed by atoms with van der Waals surface area (Å²) in [4.78, 5) is 11.0. The van der Waals surface area contributed by atoms with Crippen LogP contribution in [0.15, 0.2) is 21.3 Å². The minimum Gasteiger partial charge on any atom is -0.453 e. The number of rotatable bonds is 2. The third kappa shape index (κ3) is 1.47. The van der Waals surface area contributed by atoms with Crippen molar-refractivity contribution in [2.24, 2.45) is 0 Å². The van der Waals surface area contributed by atoms with E-state index in [9.17, 15) is 4.79 Å². The van der Waals surface area contributed by atoms with Gasteiger partial charge in [0.05, 0.1) is 17.3 Å². The molecule has 0 unspecified atom stereocenters. The van der Waals surface area contributed by atoms with Gasteiger partial charge in [-0.25, -0.2) is 0 Å². The fourth-order valence-electron chi connectivity index (χ4n) is 1.82. The van der Waals surface area contributed by atoms with Crippen LogP contribution in [0.5, 0.6) is 11.5 Å². The van der Waals surface area contributed by atoms with Crippen molar-refractivity contribution in [1.82, 2.24) is 5.16 Å². The molecule has 1 aliphatic rings. The lowest BCUT2D eigenvalue weighted by Crippen LogP contribution is -1.94. The molecule has 6 nitrogen and oxygen atoms in total. The predicted octanol–water partition coefficient (Wildman–Crippen LogP) is 2.23. The fraction of sp³-hybridized carbons (Fsp3) is 0.0909. The molecule has 0 bridgehead atoms. The van der Waals surface area contributed by atoms with Gasteiger partial charge in [-0.05, 0) is 22.0 Å². The monoisotopic (exact) mass is 310 g/mol. The van der Waals surface area contributed by atoms with Crippen LogP contribution in [0, 0.1) is 0 Å². The quantitative estimate of drug-likeness (QED) is 0.856. The lowest BCUT2D eigenvalue weighted by molar-refractivity contribution is 0.111. The van der Waals surface area contributed by atoms with Gasteiger partial charge in [0.1, 0.15) is 0 Å². The van der Waals surface area contributed by atoms with Gasteiger partial charge >= 0.3 is 0 Å². The van der Waals surface area contributed by atoms with Gasteiger partial charge in [0, 0.05) is 10.0 Å². The van der Waals surface area contributed by atoms with E-state index in [-0.39, 0.29) is 12.7 Å². The van der Waals surface area contributed by atoms with Crippen LogP contribution in [0.3, 0.4) is 0 Å². The average molecular weight is 311 g/mol. The van der Waals surface area contributed by atoms with Crippen molar-refractivity contribution in [1.29, 1.82) is 0 Å². The topological polar surface area (TPSA) is 87.6 Å². The highest BCUT2D eigenvalue weighted by Crippen LogP contribution is 2.47. The summed E-state index contributed by atoms with van der Waals surface area (Å²) in [6.07, 6.45) is 2.19. The van der Waals surface area contributed by atoms with Crippen LogP contribution >= 0.6 is 15.9 Å². The first-order chi connectivity index (χ1) is 8.72. The number of anilines is 1. The van der Waals surface area contributed by atoms with Crippen LogP contribution in [0.4, 0.5) is 5.88 Å². The molecule has 1 aromatic heterocycles. The van der Waals surface area contributed by atoms with Gasteiger partial charge in [0.25, 0.3) is 0 Å². The predicted molar refractivity (Wildman–Crippen MR) is 65.6 cm³/mol. The van der Waals surface area contributed by atoms with Crippen molar-refractivity contribution in [2.75, 3.05) is 12.5 Å². The zero-order chi connectivity index (χ0) is 12.7. The first kappa shape index (κ1) is 11.1. The minimum absolute atomic E-state index is 0.0603. The van der Waals surface area contributed by atoms with Gasteiger partial charge in [0.15, 0.2) is 17.8 Å². The highest BCUT2D eigenvalue weighted by atomic mass is 79.9. The second kappa shape index (κ2) is 4.02. The first-order valence-electron chi connectivity index (χ1n) is 5.00. The molecule has 1 aliphatic heterocycles. The Morgan fingerprint density at radius 1 is 1.33 bits per heavy atom. The number of ether oxygens (including phenoxy) is 2. The van der Waals surface area contributed by atoms with Crippen LogP contribution in [0.25, 0.3) is 11.1 Å². The Kier molecular flexibility index (Phi) is 2.48. The SMILES string of the molecule is Nc1oncc1-c1cc(Br)c(C=O)c2c1OCO2. The van der Waals surface area contributed by atoms with Crippen molar-refractivity contribution in [3.8, 4) is 22.6 Å². The molecule has 7 heteroatoms. The molecule has 2 aromatic rings. The van der Waals surface area contributed by atoms with Crippen LogP contribution in [0.1, 0.15) is 10.4 Å². The van der Waals surface area contributed by atoms with Gasteiger partial charge in [-0.2, -0.15) is 0 Å². The van der Waals surface area contributed by atoms with Gasteiger partial charge in [-0.15, -0.1) is 0 Å². The summed E-state index contributed by atoms with van der Waals surface area (Å²) in [6, 6.07) is 1.72. The molecule has 0 aliphatic carbocycles. The smallest absolute Gasteiger partial charge is 0.231 e. The molecular weight excluding hydrogens is 304 g/mol. The number of nitrogens with zero attached hydrogens (tertiary/aromatic N) is 1. The summed E-state index contributed by atoms with van der Waals surface area (Å²) in [7, 11) is 0. The number of fused-ring (bicyclic) bond motifs is 1. The Balaban J connectivity index is 2.30. The molecule has 18 heavy (non-hydrogen) atoms. The maximum Gasteiger partial charge on any atom is 0.231 e. The molecule has 2 N–H and O–H groups in total. The molecule has 3 rings (SSSR count). The summed E-state index contributed by atoms with van der Waals surface area (Å²) in [5.74, 6) is 1.05. The molecule has 0 spiro atoms. The molecule has 0 saturated carbocycles. The Morgan fingerprint density at radius 3 is 2.78 bits per heavy atom. The second-order valence-electron chi connectivity index (χ2n) is 3.61. The normalized spacial score (nSPS) is 12.7. The van der Waals surface area contributed by atoms with E-state index in [1.807, 2.05) is 0 Å². The highest BCUT2D eigenvalue weighted by molar-refractivity contribution is 9.10. The Morgan fingerprint density at radius 2 is 2.11 bits per heavy atom. The van der Waals surface area contributed by atoms with E-state index < -0.39 is 0 Å². The van der Waals surface area contributed by atoms with E-state index in [0.717, 1.165) is 0 Å². The summed E-state index contributed by atoms with van der Waals surface area (Å²) in [6.45, 7) is 0.0603. The van der Waals surface area contributed by atoms with E-state index >= 15 is 0 Å². The second-order valence-corrected chi connectivity index (χ2v) is 4.46. The number of carbonyl (C=O) groups excluding carboxylic acids is 1. The number of nitrogen functional groups attached to an aromatic ring is 1. The Labute approximate surface area is 110 Å². The van der Waals surface area contributed by atoms with Gasteiger partial charge in [0.2, 0.25) is 12.7 Å². The lowest BCUT2D eigenvalue weighted by atomic mass is 10.0. The van der Waals surface area contributed by atoms with Crippen LogP contribution < -0.4 is 15.2 Å². The van der Waals surface area contributed by atoms with Gasteiger partial charge < -0.3 is 19.7 Å². The number of hydrogen-bond donors (Lipinski definition) is 1. The van der Waals surface area contributed by atoms with E-state index in [1.54, 1.807) is 6.07 Å². The largest absolute Gasteiger partial charge is 0.453 e. The van der Waals surface area contributed by atoms with Crippen molar-refractivity contribution in [3.63, 3.8) is 0 Å². The van der Waals surface area contributed by atoms with Crippen molar-refractivity contribution in [2.45, 2.75) is 0 Å². The van der Waals surface area contributed by atoms with Crippen LogP contribution in [0.2, 0.25) is 0 Å². The first-order valence-corrected chi connectivity index (χ1v) is 5.79. The minimum atomic E-state index is 0.0603. The summed E-state index contributed by atoms with van der Waals surface area (Å²) in [5.41, 5.74) is 7.34. The molecule has 0 amide bonds. The zero-order valence-corrected chi connectivity index (χ0v) is 10.6. The summed E-state index contributed by atoms with van der Waals surface area (Å²) < 4.78 is 16.1. The number of hydrogen-bond acceptors (Lipinski definition) is 6. The molecule has 1 aromatic carbocycles. The van der Waals surface area contributed by atoms with Crippen LogP contribution in [-0.2, 0) is 0 Å². The van der Waals surface area contributed by atoms with E-state index in [2.05, 4.69) is 21.1 Å². The van der Waals surface area contributed by atoms with E-state index in [0.29, 0.717) is 38.9 Å². The van der Waals surface area contributed by atoms with Crippen LogP contribution in [-0.4, -0.2) is 18.2 Å². The van der Waals surface area contributed by atoms with Gasteiger partial charge in [-0.3, -0.25) is 4.79 Å². The fourth-order valence-corrected chi connectivity index (χ4v) is 2.32. The Bertz CT molecular complexity index is 638. The molecule has 0 atom stereocenters. The number of benzene rings is 1. The van der Waals surface area contributed by atoms with E-state index in [4.69, 9.17) is 19.7 Å². The summed E-state index contributed by atoms with van der Waals surface area (Å²) >= 11 is 3.31. The maximum absolute atomic E-state index is 11.0. The molecule has 0 radical (unpaired) electrons. The molecule has 2 heterocycles. The average Bonchev–Trinajstić information content (AvgIpc) is 2.97. The number of aldehydes is 1. The van der Waals surface area contributed by atoms with E-state index in [1.165, 1.54) is 6.20 Å². The summed E-state index contributed by atoms with van der Waals surface area (Å²) in [5, 5.41) is 3.61. The number of aromatic nitrogens is 1. The lowest BCUT2D eigenvalue weighted by Gasteiger charge is -2.07. The third-order valence-electron chi connectivity index (χ3n) is 2.64. The van der Waals surface area contributed by atoms with Crippen molar-refractivity contribution in [3.05, 3.63) is 22.3 Å². The molecule has 0 fully saturated rings. The molecule has 0 saturated heterocycles. The number of carbonyl (C=O) groups is 1. The van der Waals surface area contributed by atoms with Gasteiger partial charge in [-0.1, -0.05) is 5.16 Å². The van der Waals surface area contributed by atoms with Crippen molar-refractivity contribution >= 4 is 28.1 Å². The Hall–Kier alpha value is -2.02. The molecular formula is C11H7BrN2O4. The third-order valence-corrected chi connectivity index (χ3v) is 3.29.